The standard InChI is InChI=1S/C20H22ClNO5/c1-12-8-13(2)20(15(21)9-12)22-18(24)11-27-19(25)7-5-14-4-6-17(26-3)16(23)10-14/h4,6,8-10,23H,5,7,11H2,1-3H3,(H,22,24). The molecule has 0 aliphatic heterocycles. The topological polar surface area (TPSA) is 84.9 Å². The Kier molecular flexibility index (Phi) is 7.07. The number of phenolic OH excluding ortho intramolecular Hbond substituents is 1. The lowest BCUT2D eigenvalue weighted by molar-refractivity contribution is -0.147. The van der Waals surface area contributed by atoms with Crippen molar-refractivity contribution in [3.63, 3.8) is 0 Å². The van der Waals surface area contributed by atoms with Crippen molar-refractivity contribution in [2.45, 2.75) is 26.7 Å². The fraction of sp³-hybridized carbons (Fsp3) is 0.300. The first-order valence-corrected chi connectivity index (χ1v) is 8.76. The second kappa shape index (κ2) is 9.28. The number of aryl methyl sites for hydroxylation is 3. The number of aromatic hydroxyl groups is 1. The van der Waals surface area contributed by atoms with Crippen LogP contribution in [0, 0.1) is 13.8 Å². The Hall–Kier alpha value is -2.73. The summed E-state index contributed by atoms with van der Waals surface area (Å²) in [5, 5.41) is 12.8. The minimum Gasteiger partial charge on any atom is -0.504 e. The second-order valence-corrected chi connectivity index (χ2v) is 6.56. The van der Waals surface area contributed by atoms with Gasteiger partial charge in [-0.05, 0) is 55.2 Å². The molecule has 0 saturated carbocycles. The van der Waals surface area contributed by atoms with E-state index in [2.05, 4.69) is 5.32 Å². The molecule has 0 radical (unpaired) electrons. The van der Waals surface area contributed by atoms with Crippen molar-refractivity contribution >= 4 is 29.2 Å². The molecule has 27 heavy (non-hydrogen) atoms. The molecular formula is C20H22ClNO5. The van der Waals surface area contributed by atoms with Crippen LogP contribution in [0.5, 0.6) is 11.5 Å². The van der Waals surface area contributed by atoms with E-state index in [9.17, 15) is 14.7 Å². The molecule has 0 unspecified atom stereocenters. The summed E-state index contributed by atoms with van der Waals surface area (Å²) in [5.41, 5.74) is 3.10. The predicted molar refractivity (Wildman–Crippen MR) is 103 cm³/mol. The Morgan fingerprint density at radius 2 is 1.93 bits per heavy atom. The van der Waals surface area contributed by atoms with Gasteiger partial charge in [0.1, 0.15) is 0 Å². The fourth-order valence-electron chi connectivity index (χ4n) is 2.61. The molecule has 2 N–H and O–H groups in total. The van der Waals surface area contributed by atoms with Crippen molar-refractivity contribution in [1.82, 2.24) is 0 Å². The fourth-order valence-corrected chi connectivity index (χ4v) is 2.97. The predicted octanol–water partition coefficient (Wildman–Crippen LogP) is 3.79. The molecule has 2 aromatic carbocycles. The largest absolute Gasteiger partial charge is 0.504 e. The normalized spacial score (nSPS) is 10.4. The molecule has 7 heteroatoms. The van der Waals surface area contributed by atoms with Gasteiger partial charge in [0.25, 0.3) is 5.91 Å². The van der Waals surface area contributed by atoms with Gasteiger partial charge in [-0.1, -0.05) is 23.7 Å². The molecule has 0 aromatic heterocycles. The molecule has 0 aliphatic rings. The first-order chi connectivity index (χ1) is 12.8. The maximum Gasteiger partial charge on any atom is 0.306 e. The molecule has 0 atom stereocenters. The highest BCUT2D eigenvalue weighted by Crippen LogP contribution is 2.28. The van der Waals surface area contributed by atoms with Gasteiger partial charge in [0.15, 0.2) is 18.1 Å². The van der Waals surface area contributed by atoms with Crippen LogP contribution in [0.3, 0.4) is 0 Å². The maximum absolute atomic E-state index is 12.0. The van der Waals surface area contributed by atoms with Crippen molar-refractivity contribution in [2.24, 2.45) is 0 Å². The molecule has 144 valence electrons. The van der Waals surface area contributed by atoms with Crippen molar-refractivity contribution in [3.05, 3.63) is 52.0 Å². The highest BCUT2D eigenvalue weighted by Gasteiger charge is 2.12. The zero-order valence-electron chi connectivity index (χ0n) is 15.5. The number of hydrogen-bond donors (Lipinski definition) is 2. The molecule has 0 bridgehead atoms. The van der Waals surface area contributed by atoms with E-state index >= 15 is 0 Å². The van der Waals surface area contributed by atoms with E-state index in [-0.39, 0.29) is 12.2 Å². The van der Waals surface area contributed by atoms with Crippen LogP contribution in [0.15, 0.2) is 30.3 Å². The van der Waals surface area contributed by atoms with Gasteiger partial charge in [0.05, 0.1) is 17.8 Å². The molecule has 0 spiro atoms. The molecule has 0 heterocycles. The Morgan fingerprint density at radius 1 is 1.19 bits per heavy atom. The molecule has 2 aromatic rings. The number of nitrogens with one attached hydrogen (secondary N) is 1. The van der Waals surface area contributed by atoms with E-state index in [1.165, 1.54) is 13.2 Å². The summed E-state index contributed by atoms with van der Waals surface area (Å²) in [5.74, 6) is -0.595. The van der Waals surface area contributed by atoms with Crippen molar-refractivity contribution in [1.29, 1.82) is 0 Å². The average molecular weight is 392 g/mol. The summed E-state index contributed by atoms with van der Waals surface area (Å²) in [7, 11) is 1.46. The molecule has 1 amide bonds. The lowest BCUT2D eigenvalue weighted by Gasteiger charge is -2.12. The minimum atomic E-state index is -0.507. The molecule has 0 saturated heterocycles. The smallest absolute Gasteiger partial charge is 0.306 e. The Morgan fingerprint density at radius 3 is 2.56 bits per heavy atom. The number of carbonyl (C=O) groups is 2. The summed E-state index contributed by atoms with van der Waals surface area (Å²) in [6, 6.07) is 8.55. The zero-order valence-corrected chi connectivity index (χ0v) is 16.2. The third-order valence-electron chi connectivity index (χ3n) is 3.92. The Labute approximate surface area is 163 Å². The number of ether oxygens (including phenoxy) is 2. The number of amides is 1. The summed E-state index contributed by atoms with van der Waals surface area (Å²) >= 11 is 6.14. The number of carbonyl (C=O) groups excluding carboxylic acids is 2. The zero-order chi connectivity index (χ0) is 20.0. The quantitative estimate of drug-likeness (QED) is 0.701. The van der Waals surface area contributed by atoms with E-state index in [1.54, 1.807) is 18.2 Å². The molecule has 0 aliphatic carbocycles. The summed E-state index contributed by atoms with van der Waals surface area (Å²) in [6.07, 6.45) is 0.463. The van der Waals surface area contributed by atoms with Crippen molar-refractivity contribution in [2.75, 3.05) is 19.0 Å². The van der Waals surface area contributed by atoms with Crippen molar-refractivity contribution in [3.8, 4) is 11.5 Å². The van der Waals surface area contributed by atoms with Gasteiger partial charge >= 0.3 is 5.97 Å². The second-order valence-electron chi connectivity index (χ2n) is 6.15. The number of anilines is 1. The lowest BCUT2D eigenvalue weighted by Crippen LogP contribution is -2.21. The molecule has 2 rings (SSSR count). The number of methoxy groups -OCH3 is 1. The number of halogens is 1. The molecule has 0 fully saturated rings. The number of rotatable bonds is 7. The number of hydrogen-bond acceptors (Lipinski definition) is 5. The van der Waals surface area contributed by atoms with Crippen LogP contribution in [-0.2, 0) is 20.7 Å². The summed E-state index contributed by atoms with van der Waals surface area (Å²) in [4.78, 5) is 23.8. The molecule has 6 nitrogen and oxygen atoms in total. The highest BCUT2D eigenvalue weighted by molar-refractivity contribution is 6.34. The van der Waals surface area contributed by atoms with Crippen LogP contribution in [0.2, 0.25) is 5.02 Å². The van der Waals surface area contributed by atoms with Crippen LogP contribution < -0.4 is 10.1 Å². The minimum absolute atomic E-state index is 0.00749. The van der Waals surface area contributed by atoms with Gasteiger partial charge in [-0.2, -0.15) is 0 Å². The Bertz CT molecular complexity index is 827. The van der Waals surface area contributed by atoms with Gasteiger partial charge in [-0.3, -0.25) is 9.59 Å². The lowest BCUT2D eigenvalue weighted by atomic mass is 10.1. The monoisotopic (exact) mass is 391 g/mol. The van der Waals surface area contributed by atoms with Gasteiger partial charge in [0, 0.05) is 6.42 Å². The van der Waals surface area contributed by atoms with Crippen LogP contribution >= 0.6 is 11.6 Å². The third-order valence-corrected chi connectivity index (χ3v) is 4.22. The van der Waals surface area contributed by atoms with Crippen LogP contribution in [-0.4, -0.2) is 30.7 Å². The number of benzene rings is 2. The summed E-state index contributed by atoms with van der Waals surface area (Å²) < 4.78 is 9.96. The van der Waals surface area contributed by atoms with E-state index in [4.69, 9.17) is 21.1 Å². The highest BCUT2D eigenvalue weighted by atomic mass is 35.5. The van der Waals surface area contributed by atoms with Gasteiger partial charge < -0.3 is 19.9 Å². The SMILES string of the molecule is COc1ccc(CCC(=O)OCC(=O)Nc2c(C)cc(C)cc2Cl)cc1O. The van der Waals surface area contributed by atoms with Crippen LogP contribution in [0.1, 0.15) is 23.1 Å². The van der Waals surface area contributed by atoms with E-state index in [1.807, 2.05) is 19.9 Å². The Balaban J connectivity index is 1.81. The maximum atomic E-state index is 12.0. The first kappa shape index (κ1) is 20.6. The van der Waals surface area contributed by atoms with Crippen LogP contribution in [0.4, 0.5) is 5.69 Å². The number of esters is 1. The van der Waals surface area contributed by atoms with E-state index in [0.717, 1.165) is 16.7 Å². The van der Waals surface area contributed by atoms with Gasteiger partial charge in [-0.15, -0.1) is 0 Å². The summed E-state index contributed by atoms with van der Waals surface area (Å²) in [6.45, 7) is 3.36. The van der Waals surface area contributed by atoms with Crippen molar-refractivity contribution < 1.29 is 24.2 Å². The number of phenols is 1. The average Bonchev–Trinajstić information content (AvgIpc) is 2.61. The molecular weight excluding hydrogens is 370 g/mol. The van der Waals surface area contributed by atoms with Crippen LogP contribution in [0.25, 0.3) is 0 Å². The van der Waals surface area contributed by atoms with Gasteiger partial charge in [0.2, 0.25) is 0 Å². The van der Waals surface area contributed by atoms with E-state index in [0.29, 0.717) is 22.9 Å². The van der Waals surface area contributed by atoms with Gasteiger partial charge in [-0.25, -0.2) is 0 Å². The van der Waals surface area contributed by atoms with E-state index < -0.39 is 18.5 Å². The third kappa shape index (κ3) is 5.89. The first-order valence-electron chi connectivity index (χ1n) is 8.38.